The maximum atomic E-state index is 12.2. The molecular formula is C13H14ClIN2O. The topological polar surface area (TPSA) is 41.1 Å². The third-order valence-corrected chi connectivity index (χ3v) is 4.81. The summed E-state index contributed by atoms with van der Waals surface area (Å²) < 4.78 is 1.07. The van der Waals surface area contributed by atoms with E-state index in [1.165, 1.54) is 6.42 Å². The van der Waals surface area contributed by atoms with Crippen molar-refractivity contribution in [1.29, 1.82) is 0 Å². The van der Waals surface area contributed by atoms with Crippen LogP contribution in [-0.2, 0) is 4.79 Å². The number of carbonyl (C=O) groups excluding carboxylic acids is 1. The van der Waals surface area contributed by atoms with Crippen molar-refractivity contribution in [3.05, 3.63) is 26.8 Å². The molecule has 3 unspecified atom stereocenters. The summed E-state index contributed by atoms with van der Waals surface area (Å²) in [5.74, 6) is 0.192. The zero-order chi connectivity index (χ0) is 12.7. The van der Waals surface area contributed by atoms with Gasteiger partial charge < -0.3 is 10.6 Å². The highest BCUT2D eigenvalue weighted by Gasteiger charge is 2.42. The quantitative estimate of drug-likeness (QED) is 0.779. The summed E-state index contributed by atoms with van der Waals surface area (Å²) in [6, 6.07) is 6.57. The van der Waals surface area contributed by atoms with Crippen LogP contribution in [0, 0.1) is 9.49 Å². The maximum Gasteiger partial charge on any atom is 0.229 e. The van der Waals surface area contributed by atoms with E-state index in [9.17, 15) is 4.79 Å². The van der Waals surface area contributed by atoms with Gasteiger partial charge in [0.05, 0.1) is 16.6 Å². The lowest BCUT2D eigenvalue weighted by atomic mass is 9.88. The van der Waals surface area contributed by atoms with Crippen LogP contribution in [0.4, 0.5) is 5.69 Å². The molecule has 96 valence electrons. The van der Waals surface area contributed by atoms with Gasteiger partial charge in [-0.2, -0.15) is 0 Å². The molecular weight excluding hydrogens is 363 g/mol. The minimum absolute atomic E-state index is 0.0952. The average molecular weight is 377 g/mol. The number of amides is 1. The van der Waals surface area contributed by atoms with Crippen LogP contribution in [0.1, 0.15) is 19.3 Å². The molecule has 0 aliphatic carbocycles. The molecule has 1 aromatic carbocycles. The van der Waals surface area contributed by atoms with Crippen LogP contribution in [-0.4, -0.2) is 18.0 Å². The monoisotopic (exact) mass is 376 g/mol. The smallest absolute Gasteiger partial charge is 0.229 e. The number of fused-ring (bicyclic) bond motifs is 2. The van der Waals surface area contributed by atoms with Gasteiger partial charge in [0.1, 0.15) is 0 Å². The Bertz CT molecular complexity index is 494. The van der Waals surface area contributed by atoms with E-state index in [0.29, 0.717) is 22.8 Å². The fourth-order valence-electron chi connectivity index (χ4n) is 2.93. The molecule has 2 saturated heterocycles. The van der Waals surface area contributed by atoms with E-state index in [0.717, 1.165) is 16.4 Å². The van der Waals surface area contributed by atoms with Crippen molar-refractivity contribution in [3.63, 3.8) is 0 Å². The van der Waals surface area contributed by atoms with Gasteiger partial charge in [0.15, 0.2) is 0 Å². The highest BCUT2D eigenvalue weighted by molar-refractivity contribution is 14.1. The van der Waals surface area contributed by atoms with Gasteiger partial charge in [-0.3, -0.25) is 4.79 Å². The van der Waals surface area contributed by atoms with E-state index in [-0.39, 0.29) is 11.8 Å². The molecule has 3 nitrogen and oxygen atoms in total. The van der Waals surface area contributed by atoms with Crippen molar-refractivity contribution in [1.82, 2.24) is 5.32 Å². The molecule has 1 aromatic rings. The van der Waals surface area contributed by atoms with Crippen molar-refractivity contribution in [2.24, 2.45) is 5.92 Å². The first-order valence-corrected chi connectivity index (χ1v) is 7.61. The third-order valence-electron chi connectivity index (χ3n) is 3.83. The molecule has 2 bridgehead atoms. The molecule has 2 N–H and O–H groups in total. The first kappa shape index (κ1) is 12.7. The zero-order valence-electron chi connectivity index (χ0n) is 9.75. The molecule has 1 amide bonds. The van der Waals surface area contributed by atoms with Crippen LogP contribution in [0.25, 0.3) is 0 Å². The lowest BCUT2D eigenvalue weighted by molar-refractivity contribution is -0.120. The number of rotatable bonds is 2. The van der Waals surface area contributed by atoms with Gasteiger partial charge >= 0.3 is 0 Å². The molecule has 2 aliphatic rings. The second-order valence-electron chi connectivity index (χ2n) is 5.00. The summed E-state index contributed by atoms with van der Waals surface area (Å²) in [6.07, 6.45) is 3.28. The van der Waals surface area contributed by atoms with Gasteiger partial charge in [0.25, 0.3) is 0 Å². The van der Waals surface area contributed by atoms with Crippen molar-refractivity contribution < 1.29 is 4.79 Å². The average Bonchev–Trinajstić information content (AvgIpc) is 2.94. The molecule has 0 saturated carbocycles. The van der Waals surface area contributed by atoms with Crippen molar-refractivity contribution >= 4 is 45.8 Å². The summed E-state index contributed by atoms with van der Waals surface area (Å²) in [6.45, 7) is 0. The Kier molecular flexibility index (Phi) is 3.51. The number of anilines is 1. The van der Waals surface area contributed by atoms with Crippen LogP contribution in [0.2, 0.25) is 5.02 Å². The second-order valence-corrected chi connectivity index (χ2v) is 6.66. The fraction of sp³-hybridized carbons (Fsp3) is 0.462. The van der Waals surface area contributed by atoms with Gasteiger partial charge in [0, 0.05) is 15.7 Å². The number of benzene rings is 1. The Morgan fingerprint density at radius 2 is 2.28 bits per heavy atom. The molecule has 2 aliphatic heterocycles. The highest BCUT2D eigenvalue weighted by atomic mass is 127. The lowest BCUT2D eigenvalue weighted by Gasteiger charge is -2.19. The van der Waals surface area contributed by atoms with Gasteiger partial charge in [-0.25, -0.2) is 0 Å². The number of hydrogen-bond acceptors (Lipinski definition) is 2. The predicted molar refractivity (Wildman–Crippen MR) is 80.9 cm³/mol. The molecule has 18 heavy (non-hydrogen) atoms. The Labute approximate surface area is 125 Å². The number of nitrogens with one attached hydrogen (secondary N) is 2. The molecule has 0 aromatic heterocycles. The molecule has 5 heteroatoms. The molecule has 2 fully saturated rings. The Morgan fingerprint density at radius 3 is 2.89 bits per heavy atom. The zero-order valence-corrected chi connectivity index (χ0v) is 12.7. The van der Waals surface area contributed by atoms with Crippen LogP contribution < -0.4 is 10.6 Å². The van der Waals surface area contributed by atoms with E-state index in [1.54, 1.807) is 0 Å². The Hall–Kier alpha value is -0.330. The van der Waals surface area contributed by atoms with Gasteiger partial charge in [-0.05, 0) is 60.1 Å². The van der Waals surface area contributed by atoms with E-state index in [2.05, 4.69) is 33.2 Å². The molecule has 3 atom stereocenters. The summed E-state index contributed by atoms with van der Waals surface area (Å²) in [4.78, 5) is 12.2. The minimum Gasteiger partial charge on any atom is -0.324 e. The normalized spacial score (nSPS) is 29.6. The lowest BCUT2D eigenvalue weighted by Crippen LogP contribution is -2.32. The first-order valence-electron chi connectivity index (χ1n) is 6.15. The fourth-order valence-corrected chi connectivity index (χ4v) is 3.83. The SMILES string of the molecule is O=C(Nc1ccc(I)cc1Cl)C1CC2CCC1N2. The largest absolute Gasteiger partial charge is 0.324 e. The van der Waals surface area contributed by atoms with Crippen molar-refractivity contribution in [2.75, 3.05) is 5.32 Å². The van der Waals surface area contributed by atoms with E-state index in [4.69, 9.17) is 11.6 Å². The Morgan fingerprint density at radius 1 is 1.44 bits per heavy atom. The van der Waals surface area contributed by atoms with Gasteiger partial charge in [-0.15, -0.1) is 0 Å². The molecule has 3 rings (SSSR count). The van der Waals surface area contributed by atoms with Crippen LogP contribution in [0.15, 0.2) is 18.2 Å². The standard InChI is InChI=1S/C13H14ClIN2O/c14-10-5-7(15)1-3-12(10)17-13(18)9-6-8-2-4-11(9)16-8/h1,3,5,8-9,11,16H,2,4,6H2,(H,17,18). The van der Waals surface area contributed by atoms with E-state index in [1.807, 2.05) is 18.2 Å². The van der Waals surface area contributed by atoms with Crippen LogP contribution in [0.3, 0.4) is 0 Å². The van der Waals surface area contributed by atoms with Crippen molar-refractivity contribution in [2.45, 2.75) is 31.3 Å². The minimum atomic E-state index is 0.0952. The first-order chi connectivity index (χ1) is 8.63. The van der Waals surface area contributed by atoms with E-state index >= 15 is 0 Å². The number of carbonyl (C=O) groups is 1. The maximum absolute atomic E-state index is 12.2. The van der Waals surface area contributed by atoms with Gasteiger partial charge in [0.2, 0.25) is 5.91 Å². The number of hydrogen-bond donors (Lipinski definition) is 2. The summed E-state index contributed by atoms with van der Waals surface area (Å²) in [5, 5.41) is 7.03. The highest BCUT2D eigenvalue weighted by Crippen LogP contribution is 2.34. The van der Waals surface area contributed by atoms with Crippen molar-refractivity contribution in [3.8, 4) is 0 Å². The second kappa shape index (κ2) is 4.98. The molecule has 0 radical (unpaired) electrons. The third kappa shape index (κ3) is 2.38. The predicted octanol–water partition coefficient (Wildman–Crippen LogP) is 3.02. The molecule has 0 spiro atoms. The molecule has 2 heterocycles. The summed E-state index contributed by atoms with van der Waals surface area (Å²) in [7, 11) is 0. The van der Waals surface area contributed by atoms with Crippen LogP contribution in [0.5, 0.6) is 0 Å². The number of halogens is 2. The summed E-state index contributed by atoms with van der Waals surface area (Å²) >= 11 is 8.33. The van der Waals surface area contributed by atoms with E-state index < -0.39 is 0 Å². The summed E-state index contributed by atoms with van der Waals surface area (Å²) in [5.41, 5.74) is 0.713. The Balaban J connectivity index is 1.71. The van der Waals surface area contributed by atoms with Gasteiger partial charge in [-0.1, -0.05) is 11.6 Å². The van der Waals surface area contributed by atoms with Crippen LogP contribution >= 0.6 is 34.2 Å².